The van der Waals surface area contributed by atoms with E-state index in [0.29, 0.717) is 25.6 Å². The van der Waals surface area contributed by atoms with Gasteiger partial charge in [-0.25, -0.2) is 12.7 Å². The fourth-order valence-corrected chi connectivity index (χ4v) is 4.74. The molecule has 1 aromatic carbocycles. The van der Waals surface area contributed by atoms with E-state index in [1.165, 1.54) is 10.6 Å². The lowest BCUT2D eigenvalue weighted by Gasteiger charge is -2.37. The Morgan fingerprint density at radius 2 is 1.72 bits per heavy atom. The second-order valence-corrected chi connectivity index (χ2v) is 8.90. The third-order valence-corrected chi connectivity index (χ3v) is 6.91. The summed E-state index contributed by atoms with van der Waals surface area (Å²) in [4.78, 5) is 3.84. The molecule has 25 heavy (non-hydrogen) atoms. The maximum Gasteiger partial charge on any atom is 0.137 e. The fraction of sp³-hybridized carbons (Fsp3) is 0.667. The van der Waals surface area contributed by atoms with E-state index in [0.717, 1.165) is 45.6 Å². The molecule has 0 saturated carbocycles. The Balaban J connectivity index is 1.38. The average molecular weight is 367 g/mol. The predicted molar refractivity (Wildman–Crippen MR) is 101 cm³/mol. The lowest BCUT2D eigenvalue weighted by molar-refractivity contribution is -0.898. The van der Waals surface area contributed by atoms with Crippen molar-refractivity contribution in [3.8, 4) is 0 Å². The molecule has 0 radical (unpaired) electrons. The molecule has 0 amide bonds. The second kappa shape index (κ2) is 8.49. The van der Waals surface area contributed by atoms with E-state index in [9.17, 15) is 8.42 Å². The van der Waals surface area contributed by atoms with Crippen molar-refractivity contribution in [2.24, 2.45) is 5.92 Å². The van der Waals surface area contributed by atoms with Gasteiger partial charge in [0.1, 0.15) is 10.2 Å². The molecular formula is C18H30N4O2S. The highest BCUT2D eigenvalue weighted by molar-refractivity contribution is 7.91. The first-order valence-corrected chi connectivity index (χ1v) is 10.8. The van der Waals surface area contributed by atoms with Crippen molar-refractivity contribution >= 4 is 15.9 Å². The predicted octanol–water partition coefficient (Wildman–Crippen LogP) is 0.742. The van der Waals surface area contributed by atoms with Gasteiger partial charge in [-0.05, 0) is 30.9 Å². The van der Waals surface area contributed by atoms with Crippen LogP contribution >= 0.6 is 0 Å². The highest BCUT2D eigenvalue weighted by Gasteiger charge is 2.22. The summed E-state index contributed by atoms with van der Waals surface area (Å²) in [6.45, 7) is 8.70. The van der Waals surface area contributed by atoms with Gasteiger partial charge in [0.2, 0.25) is 0 Å². The van der Waals surface area contributed by atoms with E-state index in [1.54, 1.807) is 4.31 Å². The van der Waals surface area contributed by atoms with E-state index in [2.05, 4.69) is 40.8 Å². The SMILES string of the molecule is CC1CCN(S(=O)(=O)[N-]CC[NH+]2CCN(c3ccccc3)CC2)CC1. The Morgan fingerprint density at radius 1 is 1.08 bits per heavy atom. The summed E-state index contributed by atoms with van der Waals surface area (Å²) < 4.78 is 30.2. The van der Waals surface area contributed by atoms with Crippen LogP contribution in [0.15, 0.2) is 30.3 Å². The first kappa shape index (κ1) is 18.6. The highest BCUT2D eigenvalue weighted by atomic mass is 32.2. The van der Waals surface area contributed by atoms with Crippen molar-refractivity contribution in [2.45, 2.75) is 19.8 Å². The number of piperazine rings is 1. The van der Waals surface area contributed by atoms with E-state index in [4.69, 9.17) is 0 Å². The lowest BCUT2D eigenvalue weighted by atomic mass is 10.0. The van der Waals surface area contributed by atoms with E-state index in [1.807, 2.05) is 6.07 Å². The van der Waals surface area contributed by atoms with Gasteiger partial charge in [-0.1, -0.05) is 31.7 Å². The number of nitrogens with zero attached hydrogens (tertiary/aromatic N) is 3. The number of nitrogens with one attached hydrogen (secondary N) is 1. The average Bonchev–Trinajstić information content (AvgIpc) is 2.63. The molecule has 1 N–H and O–H groups in total. The maximum absolute atomic E-state index is 12.3. The van der Waals surface area contributed by atoms with Gasteiger partial charge >= 0.3 is 0 Å². The summed E-state index contributed by atoms with van der Waals surface area (Å²) >= 11 is 0. The van der Waals surface area contributed by atoms with Gasteiger partial charge in [-0.3, -0.25) is 0 Å². The third kappa shape index (κ3) is 5.17. The van der Waals surface area contributed by atoms with Crippen LogP contribution in [0.1, 0.15) is 19.8 Å². The number of quaternary nitrogens is 1. The Hall–Kier alpha value is -1.15. The largest absolute Gasteiger partial charge is 0.531 e. The number of benzene rings is 1. The standard InChI is InChI=1S/C18H29N4O2S/c1-17-7-10-22(11-8-17)25(23,24)19-9-12-20-13-15-21(16-14-20)18-5-3-2-4-6-18/h2-6,17H,7-16H2,1H3/q-1/p+1. The van der Waals surface area contributed by atoms with E-state index in [-0.39, 0.29) is 0 Å². The normalized spacial score (nSPS) is 21.6. The summed E-state index contributed by atoms with van der Waals surface area (Å²) in [5.41, 5.74) is 1.27. The topological polar surface area (TPSA) is 59.2 Å². The van der Waals surface area contributed by atoms with Crippen LogP contribution in [-0.4, -0.2) is 65.1 Å². The third-order valence-electron chi connectivity index (χ3n) is 5.38. The molecule has 0 spiro atoms. The van der Waals surface area contributed by atoms with Gasteiger partial charge in [-0.2, -0.15) is 0 Å². The molecule has 0 aromatic heterocycles. The monoisotopic (exact) mass is 366 g/mol. The van der Waals surface area contributed by atoms with Crippen molar-refractivity contribution in [3.05, 3.63) is 35.1 Å². The summed E-state index contributed by atoms with van der Waals surface area (Å²) in [6, 6.07) is 10.5. The molecule has 2 fully saturated rings. The Kier molecular flexibility index (Phi) is 6.33. The number of hydrogen-bond acceptors (Lipinski definition) is 3. The van der Waals surface area contributed by atoms with Crippen molar-refractivity contribution in [2.75, 3.05) is 57.3 Å². The van der Waals surface area contributed by atoms with Crippen LogP contribution in [0.2, 0.25) is 0 Å². The first-order valence-electron chi connectivity index (χ1n) is 9.37. The number of para-hydroxylation sites is 1. The maximum atomic E-state index is 12.3. The molecule has 3 rings (SSSR count). The number of rotatable bonds is 6. The van der Waals surface area contributed by atoms with Crippen LogP contribution in [0, 0.1) is 5.92 Å². The minimum Gasteiger partial charge on any atom is -0.531 e. The second-order valence-electron chi connectivity index (χ2n) is 7.23. The van der Waals surface area contributed by atoms with Gasteiger partial charge in [0.05, 0.1) is 32.7 Å². The Bertz CT molecular complexity index is 622. The summed E-state index contributed by atoms with van der Waals surface area (Å²) in [6.07, 6.45) is 1.89. The lowest BCUT2D eigenvalue weighted by Crippen LogP contribution is -3.15. The summed E-state index contributed by atoms with van der Waals surface area (Å²) in [7, 11) is -3.43. The Labute approximate surface area is 152 Å². The zero-order valence-electron chi connectivity index (χ0n) is 15.1. The summed E-state index contributed by atoms with van der Waals surface area (Å²) in [5, 5.41) is 0. The first-order chi connectivity index (χ1) is 12.0. The molecule has 0 atom stereocenters. The fourth-order valence-electron chi connectivity index (χ4n) is 3.59. The molecule has 6 nitrogen and oxygen atoms in total. The van der Waals surface area contributed by atoms with Crippen LogP contribution in [-0.2, 0) is 10.2 Å². The molecule has 2 heterocycles. The van der Waals surface area contributed by atoms with Crippen molar-refractivity contribution in [1.29, 1.82) is 0 Å². The van der Waals surface area contributed by atoms with Crippen molar-refractivity contribution in [3.63, 3.8) is 0 Å². The molecule has 2 saturated heterocycles. The molecule has 0 unspecified atom stereocenters. The molecule has 2 aliphatic rings. The molecular weight excluding hydrogens is 336 g/mol. The van der Waals surface area contributed by atoms with Crippen LogP contribution in [0.4, 0.5) is 5.69 Å². The van der Waals surface area contributed by atoms with E-state index < -0.39 is 10.2 Å². The van der Waals surface area contributed by atoms with Gasteiger partial charge in [0.25, 0.3) is 0 Å². The molecule has 140 valence electrons. The molecule has 0 aliphatic carbocycles. The van der Waals surface area contributed by atoms with Crippen LogP contribution in [0.3, 0.4) is 0 Å². The highest BCUT2D eigenvalue weighted by Crippen LogP contribution is 2.20. The van der Waals surface area contributed by atoms with Gasteiger partial charge < -0.3 is 14.5 Å². The van der Waals surface area contributed by atoms with Crippen molar-refractivity contribution in [1.82, 2.24) is 4.31 Å². The minimum absolute atomic E-state index is 0.398. The zero-order chi connectivity index (χ0) is 17.7. The molecule has 2 aliphatic heterocycles. The van der Waals surface area contributed by atoms with Crippen LogP contribution in [0.25, 0.3) is 4.72 Å². The molecule has 1 aromatic rings. The molecule has 0 bridgehead atoms. The summed E-state index contributed by atoms with van der Waals surface area (Å²) in [5.74, 6) is 0.622. The number of hydrogen-bond donors (Lipinski definition) is 1. The Morgan fingerprint density at radius 3 is 2.36 bits per heavy atom. The molecule has 7 heteroatoms. The zero-order valence-corrected chi connectivity index (χ0v) is 15.9. The number of piperidine rings is 1. The van der Waals surface area contributed by atoms with Gasteiger partial charge in [-0.15, -0.1) is 0 Å². The van der Waals surface area contributed by atoms with Gasteiger partial charge in [0, 0.05) is 18.8 Å². The van der Waals surface area contributed by atoms with Crippen LogP contribution < -0.4 is 9.80 Å². The van der Waals surface area contributed by atoms with Gasteiger partial charge in [0.15, 0.2) is 0 Å². The van der Waals surface area contributed by atoms with E-state index >= 15 is 0 Å². The quantitative estimate of drug-likeness (QED) is 0.808. The minimum atomic E-state index is -3.43. The smallest absolute Gasteiger partial charge is 0.137 e. The number of anilines is 1. The van der Waals surface area contributed by atoms with Crippen molar-refractivity contribution < 1.29 is 13.3 Å². The van der Waals surface area contributed by atoms with Crippen LogP contribution in [0.5, 0.6) is 0 Å².